The maximum atomic E-state index is 13.9. The summed E-state index contributed by atoms with van der Waals surface area (Å²) in [5.41, 5.74) is 4.56. The highest BCUT2D eigenvalue weighted by Gasteiger charge is 2.42. The lowest BCUT2D eigenvalue weighted by Crippen LogP contribution is -2.49. The van der Waals surface area contributed by atoms with Crippen LogP contribution in [0.4, 0.5) is 17.1 Å². The third kappa shape index (κ3) is 3.79. The predicted octanol–water partition coefficient (Wildman–Crippen LogP) is 6.27. The summed E-state index contributed by atoms with van der Waals surface area (Å²) in [5.74, 6) is -0.188. The molecule has 1 aliphatic heterocycles. The smallest absolute Gasteiger partial charge is 0.276 e. The molecule has 4 aromatic carbocycles. The van der Waals surface area contributed by atoms with Gasteiger partial charge in [-0.3, -0.25) is 19.8 Å². The Morgan fingerprint density at radius 2 is 1.47 bits per heavy atom. The van der Waals surface area contributed by atoms with Crippen molar-refractivity contribution in [1.82, 2.24) is 0 Å². The number of benzene rings is 4. The highest BCUT2D eigenvalue weighted by molar-refractivity contribution is 6.12. The van der Waals surface area contributed by atoms with Crippen LogP contribution >= 0.6 is 0 Å². The van der Waals surface area contributed by atoms with Gasteiger partial charge < -0.3 is 4.90 Å². The largest absolute Gasteiger partial charge is 0.342 e. The van der Waals surface area contributed by atoms with Crippen molar-refractivity contribution in [3.63, 3.8) is 0 Å². The minimum atomic E-state index is -0.702. The van der Waals surface area contributed by atoms with Gasteiger partial charge in [-0.25, -0.2) is 0 Å². The number of anilines is 2. The molecule has 1 amide bonds. The van der Waals surface area contributed by atoms with Crippen LogP contribution in [0.5, 0.6) is 0 Å². The van der Waals surface area contributed by atoms with Gasteiger partial charge in [-0.2, -0.15) is 0 Å². The summed E-state index contributed by atoms with van der Waals surface area (Å²) >= 11 is 0. The van der Waals surface area contributed by atoms with Gasteiger partial charge in [-0.1, -0.05) is 72.3 Å². The maximum absolute atomic E-state index is 13.9. The van der Waals surface area contributed by atoms with Crippen molar-refractivity contribution in [2.45, 2.75) is 19.6 Å². The highest BCUT2D eigenvalue weighted by Crippen LogP contribution is 2.44. The van der Waals surface area contributed by atoms with Crippen molar-refractivity contribution in [3.8, 4) is 0 Å². The van der Waals surface area contributed by atoms with Crippen LogP contribution < -0.4 is 9.80 Å². The zero-order valence-electron chi connectivity index (χ0n) is 18.7. The Morgan fingerprint density at radius 1 is 0.824 bits per heavy atom. The summed E-state index contributed by atoms with van der Waals surface area (Å²) in [6.07, 6.45) is -0.702. The molecule has 168 valence electrons. The van der Waals surface area contributed by atoms with Crippen LogP contribution in [-0.4, -0.2) is 10.8 Å². The summed E-state index contributed by atoms with van der Waals surface area (Å²) in [6.45, 7) is 2.46. The van der Waals surface area contributed by atoms with Crippen molar-refractivity contribution in [2.75, 3.05) is 9.80 Å². The number of rotatable bonds is 5. The van der Waals surface area contributed by atoms with Gasteiger partial charge in [0.15, 0.2) is 0 Å². The second-order valence-electron chi connectivity index (χ2n) is 8.33. The number of carbonyl (C=O) groups excluding carboxylic acids is 1. The molecular weight excluding hydrogens is 426 g/mol. The summed E-state index contributed by atoms with van der Waals surface area (Å²) in [6, 6.07) is 31.7. The predicted molar refractivity (Wildman–Crippen MR) is 133 cm³/mol. The first-order chi connectivity index (χ1) is 16.5. The molecule has 5 rings (SSSR count). The fraction of sp³-hybridized carbons (Fsp3) is 0.107. The monoisotopic (exact) mass is 449 g/mol. The average Bonchev–Trinajstić information content (AvgIpc) is 2.87. The lowest BCUT2D eigenvalue weighted by atomic mass is 9.98. The van der Waals surface area contributed by atoms with Crippen LogP contribution in [-0.2, 0) is 6.54 Å². The molecule has 4 aromatic rings. The quantitative estimate of drug-likeness (QED) is 0.266. The Morgan fingerprint density at radius 3 is 2.21 bits per heavy atom. The van der Waals surface area contributed by atoms with E-state index >= 15 is 0 Å². The Kier molecular flexibility index (Phi) is 5.55. The molecule has 6 nitrogen and oxygen atoms in total. The number of nitro groups is 1. The molecule has 1 atom stereocenters. The van der Waals surface area contributed by atoms with Crippen LogP contribution in [0.15, 0.2) is 103 Å². The fourth-order valence-electron chi connectivity index (χ4n) is 4.51. The van der Waals surface area contributed by atoms with Gasteiger partial charge in [0.1, 0.15) is 6.17 Å². The lowest BCUT2D eigenvalue weighted by molar-refractivity contribution is -0.385. The molecule has 0 aliphatic carbocycles. The topological polar surface area (TPSA) is 66.7 Å². The van der Waals surface area contributed by atoms with E-state index < -0.39 is 6.17 Å². The summed E-state index contributed by atoms with van der Waals surface area (Å²) in [4.78, 5) is 29.3. The lowest BCUT2D eigenvalue weighted by Gasteiger charge is -2.45. The summed E-state index contributed by atoms with van der Waals surface area (Å²) in [5, 5.41) is 12.0. The van der Waals surface area contributed by atoms with Crippen LogP contribution in [0.25, 0.3) is 0 Å². The van der Waals surface area contributed by atoms with Gasteiger partial charge in [0.05, 0.1) is 21.7 Å². The number of fused-ring (bicyclic) bond motifs is 1. The van der Waals surface area contributed by atoms with E-state index in [1.165, 1.54) is 6.07 Å². The van der Waals surface area contributed by atoms with Crippen molar-refractivity contribution < 1.29 is 9.72 Å². The summed E-state index contributed by atoms with van der Waals surface area (Å²) in [7, 11) is 0. The van der Waals surface area contributed by atoms with Crippen molar-refractivity contribution in [1.29, 1.82) is 0 Å². The number of carbonyl (C=O) groups is 1. The van der Waals surface area contributed by atoms with E-state index in [4.69, 9.17) is 0 Å². The number of nitro benzene ring substituents is 1. The normalized spacial score (nSPS) is 15.2. The zero-order valence-corrected chi connectivity index (χ0v) is 18.7. The average molecular weight is 450 g/mol. The number of hydrogen-bond donors (Lipinski definition) is 0. The van der Waals surface area contributed by atoms with E-state index in [0.717, 1.165) is 16.8 Å². The van der Waals surface area contributed by atoms with Crippen molar-refractivity contribution in [2.24, 2.45) is 0 Å². The Labute approximate surface area is 197 Å². The minimum Gasteiger partial charge on any atom is -0.342 e. The standard InChI is InChI=1S/C28H23N3O3/c1-20-15-17-22(18-16-20)30-27(23-11-5-8-14-26(23)31(33)34)29(19-21-9-3-2-4-10-21)25-13-7-6-12-24(25)28(30)32/h2-18,27H,19H2,1H3/t27-/m0/s1. The van der Waals surface area contributed by atoms with E-state index in [2.05, 4.69) is 4.90 Å². The van der Waals surface area contributed by atoms with E-state index in [-0.39, 0.29) is 16.5 Å². The molecule has 0 N–H and O–H groups in total. The van der Waals surface area contributed by atoms with Gasteiger partial charge in [0.25, 0.3) is 11.6 Å². The number of para-hydroxylation sites is 2. The van der Waals surface area contributed by atoms with Crippen LogP contribution in [0.2, 0.25) is 0 Å². The first-order valence-electron chi connectivity index (χ1n) is 11.1. The molecule has 0 radical (unpaired) electrons. The van der Waals surface area contributed by atoms with E-state index in [1.807, 2.05) is 85.8 Å². The van der Waals surface area contributed by atoms with Gasteiger partial charge >= 0.3 is 0 Å². The van der Waals surface area contributed by atoms with E-state index in [0.29, 0.717) is 23.4 Å². The van der Waals surface area contributed by atoms with E-state index in [9.17, 15) is 14.9 Å². The third-order valence-electron chi connectivity index (χ3n) is 6.12. The number of hydrogen-bond acceptors (Lipinski definition) is 4. The fourth-order valence-corrected chi connectivity index (χ4v) is 4.51. The molecule has 0 bridgehead atoms. The van der Waals surface area contributed by atoms with Gasteiger partial charge in [0, 0.05) is 18.3 Å². The molecule has 0 spiro atoms. The van der Waals surface area contributed by atoms with Gasteiger partial charge in [-0.15, -0.1) is 0 Å². The number of aryl methyl sites for hydroxylation is 1. The van der Waals surface area contributed by atoms with Gasteiger partial charge in [0.2, 0.25) is 0 Å². The molecule has 1 heterocycles. The minimum absolute atomic E-state index is 0.0187. The SMILES string of the molecule is Cc1ccc(N2C(=O)c3ccccc3N(Cc3ccccc3)[C@@H]2c2ccccc2[N+](=O)[O-])cc1. The third-order valence-corrected chi connectivity index (χ3v) is 6.12. The molecule has 0 saturated carbocycles. The zero-order chi connectivity index (χ0) is 23.7. The molecule has 0 saturated heterocycles. The number of amides is 1. The second-order valence-corrected chi connectivity index (χ2v) is 8.33. The Balaban J connectivity index is 1.77. The Bertz CT molecular complexity index is 1350. The van der Waals surface area contributed by atoms with Gasteiger partial charge in [-0.05, 0) is 42.8 Å². The maximum Gasteiger partial charge on any atom is 0.276 e. The molecule has 1 aliphatic rings. The Hall–Kier alpha value is -4.45. The van der Waals surface area contributed by atoms with E-state index in [1.54, 1.807) is 23.1 Å². The van der Waals surface area contributed by atoms with Crippen LogP contribution in [0.3, 0.4) is 0 Å². The van der Waals surface area contributed by atoms with Crippen molar-refractivity contribution >= 4 is 23.0 Å². The molecular formula is C28H23N3O3. The number of nitrogens with zero attached hydrogens (tertiary/aromatic N) is 3. The molecule has 34 heavy (non-hydrogen) atoms. The van der Waals surface area contributed by atoms with Crippen LogP contribution in [0, 0.1) is 17.0 Å². The summed E-state index contributed by atoms with van der Waals surface area (Å²) < 4.78 is 0. The van der Waals surface area contributed by atoms with Crippen LogP contribution in [0.1, 0.15) is 33.2 Å². The second kappa shape index (κ2) is 8.83. The first-order valence-corrected chi connectivity index (χ1v) is 11.1. The highest BCUT2D eigenvalue weighted by atomic mass is 16.6. The molecule has 6 heteroatoms. The van der Waals surface area contributed by atoms with Crippen molar-refractivity contribution in [3.05, 3.63) is 135 Å². The first kappa shape index (κ1) is 21.4. The molecule has 0 fully saturated rings. The molecule has 0 unspecified atom stereocenters. The molecule has 0 aromatic heterocycles.